The Balaban J connectivity index is 2.08. The first-order chi connectivity index (χ1) is 10.0. The SMILES string of the molecule is CCc1ccc(C(=O)COc2cc(C)ccc2C(C)C)s1. The largest absolute Gasteiger partial charge is 0.485 e. The molecule has 3 heteroatoms. The molecule has 0 radical (unpaired) electrons. The molecule has 0 saturated heterocycles. The average Bonchev–Trinajstić information content (AvgIpc) is 2.93. The van der Waals surface area contributed by atoms with Gasteiger partial charge in [-0.15, -0.1) is 11.3 Å². The van der Waals surface area contributed by atoms with Gasteiger partial charge in [0.15, 0.2) is 6.61 Å². The highest BCUT2D eigenvalue weighted by molar-refractivity contribution is 7.14. The Hall–Kier alpha value is -1.61. The summed E-state index contributed by atoms with van der Waals surface area (Å²) in [6, 6.07) is 10.1. The van der Waals surface area contributed by atoms with Crippen LogP contribution in [0.5, 0.6) is 5.75 Å². The van der Waals surface area contributed by atoms with E-state index >= 15 is 0 Å². The summed E-state index contributed by atoms with van der Waals surface area (Å²) in [4.78, 5) is 14.2. The van der Waals surface area contributed by atoms with E-state index in [1.807, 2.05) is 25.1 Å². The zero-order chi connectivity index (χ0) is 15.4. The predicted molar refractivity (Wildman–Crippen MR) is 88.8 cm³/mol. The minimum Gasteiger partial charge on any atom is -0.485 e. The van der Waals surface area contributed by atoms with Crippen molar-refractivity contribution in [1.82, 2.24) is 0 Å². The van der Waals surface area contributed by atoms with E-state index in [1.54, 1.807) is 11.3 Å². The molecule has 21 heavy (non-hydrogen) atoms. The second-order valence-electron chi connectivity index (χ2n) is 5.53. The number of aryl methyl sites for hydroxylation is 2. The van der Waals surface area contributed by atoms with E-state index in [9.17, 15) is 4.79 Å². The molecule has 1 heterocycles. The van der Waals surface area contributed by atoms with Crippen molar-refractivity contribution < 1.29 is 9.53 Å². The lowest BCUT2D eigenvalue weighted by atomic mass is 10.0. The number of carbonyl (C=O) groups is 1. The Morgan fingerprint density at radius 2 is 2.00 bits per heavy atom. The van der Waals surface area contributed by atoms with Crippen LogP contribution in [0.4, 0.5) is 0 Å². The predicted octanol–water partition coefficient (Wildman–Crippen LogP) is 5.00. The zero-order valence-corrected chi connectivity index (χ0v) is 13.9. The van der Waals surface area contributed by atoms with Crippen molar-refractivity contribution in [2.24, 2.45) is 0 Å². The van der Waals surface area contributed by atoms with Crippen LogP contribution in [0.3, 0.4) is 0 Å². The van der Waals surface area contributed by atoms with Gasteiger partial charge in [0.25, 0.3) is 0 Å². The maximum Gasteiger partial charge on any atom is 0.210 e. The van der Waals surface area contributed by atoms with Gasteiger partial charge in [0.2, 0.25) is 5.78 Å². The molecule has 1 aromatic heterocycles. The van der Waals surface area contributed by atoms with Crippen LogP contribution < -0.4 is 4.74 Å². The third-order valence-corrected chi connectivity index (χ3v) is 4.71. The standard InChI is InChI=1S/C18H22O2S/c1-5-14-7-9-18(21-14)16(19)11-20-17-10-13(4)6-8-15(17)12(2)3/h6-10,12H,5,11H2,1-4H3. The van der Waals surface area contributed by atoms with E-state index in [-0.39, 0.29) is 12.4 Å². The summed E-state index contributed by atoms with van der Waals surface area (Å²) in [6.07, 6.45) is 0.966. The number of ether oxygens (including phenoxy) is 1. The van der Waals surface area contributed by atoms with Gasteiger partial charge in [0.05, 0.1) is 4.88 Å². The van der Waals surface area contributed by atoms with Crippen molar-refractivity contribution in [3.63, 3.8) is 0 Å². The second-order valence-corrected chi connectivity index (χ2v) is 6.70. The van der Waals surface area contributed by atoms with E-state index in [1.165, 1.54) is 4.88 Å². The Morgan fingerprint density at radius 1 is 1.24 bits per heavy atom. The van der Waals surface area contributed by atoms with Gasteiger partial charge in [-0.2, -0.15) is 0 Å². The van der Waals surface area contributed by atoms with Crippen LogP contribution in [0, 0.1) is 6.92 Å². The summed E-state index contributed by atoms with van der Waals surface area (Å²) in [7, 11) is 0. The highest BCUT2D eigenvalue weighted by atomic mass is 32.1. The fraction of sp³-hybridized carbons (Fsp3) is 0.389. The average molecular weight is 302 g/mol. The lowest BCUT2D eigenvalue weighted by Gasteiger charge is -2.14. The van der Waals surface area contributed by atoms with Crippen LogP contribution in [-0.2, 0) is 6.42 Å². The normalized spacial score (nSPS) is 10.9. The van der Waals surface area contributed by atoms with Gasteiger partial charge >= 0.3 is 0 Å². The van der Waals surface area contributed by atoms with E-state index in [2.05, 4.69) is 32.9 Å². The summed E-state index contributed by atoms with van der Waals surface area (Å²) in [5, 5.41) is 0. The molecule has 1 aromatic carbocycles. The maximum atomic E-state index is 12.2. The number of hydrogen-bond donors (Lipinski definition) is 0. The van der Waals surface area contributed by atoms with E-state index in [0.717, 1.165) is 28.2 Å². The molecule has 0 spiro atoms. The molecule has 0 aliphatic heterocycles. The fourth-order valence-corrected chi connectivity index (χ4v) is 3.05. The van der Waals surface area contributed by atoms with Gasteiger partial charge in [-0.3, -0.25) is 4.79 Å². The minimum absolute atomic E-state index is 0.0518. The summed E-state index contributed by atoms with van der Waals surface area (Å²) in [5.74, 6) is 1.26. The molecule has 112 valence electrons. The number of hydrogen-bond acceptors (Lipinski definition) is 3. The molecular weight excluding hydrogens is 280 g/mol. The van der Waals surface area contributed by atoms with Crippen LogP contribution in [0.15, 0.2) is 30.3 Å². The van der Waals surface area contributed by atoms with Gasteiger partial charge in [-0.1, -0.05) is 32.9 Å². The van der Waals surface area contributed by atoms with Crippen molar-refractivity contribution in [2.45, 2.75) is 40.0 Å². The quantitative estimate of drug-likeness (QED) is 0.702. The first kappa shape index (κ1) is 15.8. The summed E-state index contributed by atoms with van der Waals surface area (Å²) in [5.41, 5.74) is 2.29. The second kappa shape index (κ2) is 6.90. The minimum atomic E-state index is 0.0518. The van der Waals surface area contributed by atoms with Crippen molar-refractivity contribution in [2.75, 3.05) is 6.61 Å². The number of benzene rings is 1. The van der Waals surface area contributed by atoms with Crippen molar-refractivity contribution in [3.05, 3.63) is 51.2 Å². The summed E-state index contributed by atoms with van der Waals surface area (Å²) >= 11 is 1.56. The number of ketones is 1. The van der Waals surface area contributed by atoms with Crippen molar-refractivity contribution in [3.8, 4) is 5.75 Å². The number of Topliss-reactive ketones (excluding diaryl/α,β-unsaturated/α-hetero) is 1. The number of carbonyl (C=O) groups excluding carboxylic acids is 1. The topological polar surface area (TPSA) is 26.3 Å². The first-order valence-corrected chi connectivity index (χ1v) is 8.18. The summed E-state index contributed by atoms with van der Waals surface area (Å²) in [6.45, 7) is 8.49. The summed E-state index contributed by atoms with van der Waals surface area (Å²) < 4.78 is 5.80. The Kier molecular flexibility index (Phi) is 5.18. The maximum absolute atomic E-state index is 12.2. The van der Waals surface area contributed by atoms with Gasteiger partial charge in [-0.25, -0.2) is 0 Å². The Morgan fingerprint density at radius 3 is 2.62 bits per heavy atom. The smallest absolute Gasteiger partial charge is 0.210 e. The van der Waals surface area contributed by atoms with Gasteiger partial charge in [0.1, 0.15) is 5.75 Å². The van der Waals surface area contributed by atoms with Crippen molar-refractivity contribution >= 4 is 17.1 Å². The zero-order valence-electron chi connectivity index (χ0n) is 13.1. The number of rotatable bonds is 6. The van der Waals surface area contributed by atoms with Crippen LogP contribution in [0.1, 0.15) is 52.4 Å². The number of thiophene rings is 1. The molecule has 0 atom stereocenters. The molecule has 2 aromatic rings. The molecule has 0 fully saturated rings. The fourth-order valence-electron chi connectivity index (χ4n) is 2.18. The Bertz CT molecular complexity index is 626. The van der Waals surface area contributed by atoms with E-state index in [0.29, 0.717) is 5.92 Å². The monoisotopic (exact) mass is 302 g/mol. The molecule has 2 rings (SSSR count). The van der Waals surface area contributed by atoms with Crippen LogP contribution in [-0.4, -0.2) is 12.4 Å². The molecule has 2 nitrogen and oxygen atoms in total. The lowest BCUT2D eigenvalue weighted by molar-refractivity contribution is 0.0924. The lowest BCUT2D eigenvalue weighted by Crippen LogP contribution is -2.11. The molecule has 0 N–H and O–H groups in total. The van der Waals surface area contributed by atoms with Gasteiger partial charge in [-0.05, 0) is 48.6 Å². The van der Waals surface area contributed by atoms with E-state index in [4.69, 9.17) is 4.74 Å². The van der Waals surface area contributed by atoms with Gasteiger partial charge in [0, 0.05) is 4.88 Å². The van der Waals surface area contributed by atoms with E-state index < -0.39 is 0 Å². The molecule has 0 saturated carbocycles. The van der Waals surface area contributed by atoms with Crippen molar-refractivity contribution in [1.29, 1.82) is 0 Å². The highest BCUT2D eigenvalue weighted by Crippen LogP contribution is 2.28. The molecule has 0 unspecified atom stereocenters. The molecule has 0 bridgehead atoms. The molecular formula is C18H22O2S. The van der Waals surface area contributed by atoms with Crippen LogP contribution in [0.25, 0.3) is 0 Å². The first-order valence-electron chi connectivity index (χ1n) is 7.36. The molecule has 0 aliphatic rings. The van der Waals surface area contributed by atoms with Crippen LogP contribution in [0.2, 0.25) is 0 Å². The van der Waals surface area contributed by atoms with Gasteiger partial charge < -0.3 is 4.74 Å². The Labute approximate surface area is 130 Å². The third kappa shape index (κ3) is 3.94. The highest BCUT2D eigenvalue weighted by Gasteiger charge is 2.13. The molecule has 0 amide bonds. The van der Waals surface area contributed by atoms with Crippen LogP contribution >= 0.6 is 11.3 Å². The third-order valence-electron chi connectivity index (χ3n) is 3.43. The molecule has 0 aliphatic carbocycles.